The molecule has 8 heteroatoms. The number of aryl methyl sites for hydroxylation is 2. The summed E-state index contributed by atoms with van der Waals surface area (Å²) in [4.78, 5) is 1.52. The fourth-order valence-electron chi connectivity index (χ4n) is 1.57. The van der Waals surface area contributed by atoms with Crippen LogP contribution in [-0.2, 0) is 10.0 Å². The molecule has 2 aromatic rings. The molecule has 2 rings (SSSR count). The molecular weight excluding hydrogens is 300 g/mol. The van der Waals surface area contributed by atoms with Gasteiger partial charge in [-0.25, -0.2) is 0 Å². The standard InChI is InChI=1S/C12H13ClN4O2S/c1-9-7-10(2)17(16-9)14-8-15-20(18,19)12-5-3-11(13)4-6-12/h3-8H,1-2H3,(H,14,15). The fraction of sp³-hybridized carbons (Fsp3) is 0.167. The van der Waals surface area contributed by atoms with Gasteiger partial charge in [0.15, 0.2) is 0 Å². The van der Waals surface area contributed by atoms with Gasteiger partial charge in [0.1, 0.15) is 6.34 Å². The molecule has 0 saturated heterocycles. The number of halogens is 1. The van der Waals surface area contributed by atoms with Crippen LogP contribution in [0, 0.1) is 13.8 Å². The van der Waals surface area contributed by atoms with Crippen LogP contribution >= 0.6 is 11.6 Å². The van der Waals surface area contributed by atoms with Crippen molar-refractivity contribution in [3.05, 3.63) is 46.7 Å². The highest BCUT2D eigenvalue weighted by Gasteiger charge is 2.11. The zero-order valence-corrected chi connectivity index (χ0v) is 12.5. The number of hydrogen-bond acceptors (Lipinski definition) is 3. The first-order chi connectivity index (χ1) is 9.38. The van der Waals surface area contributed by atoms with Crippen LogP contribution in [0.25, 0.3) is 0 Å². The van der Waals surface area contributed by atoms with Crippen molar-refractivity contribution in [2.24, 2.45) is 4.40 Å². The van der Waals surface area contributed by atoms with Gasteiger partial charge in [-0.1, -0.05) is 11.6 Å². The molecule has 0 aliphatic rings. The van der Waals surface area contributed by atoms with Gasteiger partial charge in [0.2, 0.25) is 0 Å². The lowest BCUT2D eigenvalue weighted by atomic mass is 10.4. The quantitative estimate of drug-likeness (QED) is 0.693. The molecule has 0 atom stereocenters. The van der Waals surface area contributed by atoms with Gasteiger partial charge in [-0.3, -0.25) is 5.43 Å². The summed E-state index contributed by atoms with van der Waals surface area (Å²) < 4.78 is 27.4. The average molecular weight is 313 g/mol. The van der Waals surface area contributed by atoms with Crippen LogP contribution in [0.1, 0.15) is 11.4 Å². The molecule has 0 amide bonds. The zero-order chi connectivity index (χ0) is 14.8. The molecule has 106 valence electrons. The molecule has 0 fully saturated rings. The number of aromatic nitrogens is 2. The van der Waals surface area contributed by atoms with Crippen LogP contribution in [-0.4, -0.2) is 24.6 Å². The van der Waals surface area contributed by atoms with Gasteiger partial charge in [-0.05, 0) is 44.2 Å². The van der Waals surface area contributed by atoms with Crippen molar-refractivity contribution in [2.45, 2.75) is 18.7 Å². The number of nitrogens with one attached hydrogen (secondary N) is 1. The second-order valence-corrected chi connectivity index (χ2v) is 6.20. The highest BCUT2D eigenvalue weighted by atomic mass is 35.5. The molecule has 6 nitrogen and oxygen atoms in total. The Morgan fingerprint density at radius 2 is 1.95 bits per heavy atom. The fourth-order valence-corrected chi connectivity index (χ4v) is 2.49. The molecule has 1 heterocycles. The second-order valence-electron chi connectivity index (χ2n) is 4.13. The smallest absolute Gasteiger partial charge is 0.267 e. The van der Waals surface area contributed by atoms with E-state index < -0.39 is 10.0 Å². The highest BCUT2D eigenvalue weighted by molar-refractivity contribution is 7.90. The minimum atomic E-state index is -3.75. The first kappa shape index (κ1) is 14.5. The molecule has 0 bridgehead atoms. The highest BCUT2D eigenvalue weighted by Crippen LogP contribution is 2.15. The normalized spacial score (nSPS) is 11.9. The van der Waals surface area contributed by atoms with Crippen LogP contribution < -0.4 is 5.43 Å². The second kappa shape index (κ2) is 5.64. The number of rotatable bonds is 4. The summed E-state index contributed by atoms with van der Waals surface area (Å²) in [6, 6.07) is 7.65. The molecule has 1 aromatic heterocycles. The third kappa shape index (κ3) is 3.37. The Kier molecular flexibility index (Phi) is 4.10. The third-order valence-corrected chi connectivity index (χ3v) is 4.00. The summed E-state index contributed by atoms with van der Waals surface area (Å²) in [6.45, 7) is 3.68. The summed E-state index contributed by atoms with van der Waals surface area (Å²) in [6.07, 6.45) is 1.09. The Balaban J connectivity index is 2.14. The van der Waals surface area contributed by atoms with Crippen LogP contribution in [0.2, 0.25) is 5.02 Å². The van der Waals surface area contributed by atoms with E-state index in [1.165, 1.54) is 29.1 Å². The number of nitrogens with zero attached hydrogens (tertiary/aromatic N) is 3. The first-order valence-electron chi connectivity index (χ1n) is 5.73. The molecule has 20 heavy (non-hydrogen) atoms. The van der Waals surface area contributed by atoms with E-state index in [2.05, 4.69) is 14.9 Å². The lowest BCUT2D eigenvalue weighted by Crippen LogP contribution is -2.16. The molecule has 1 N–H and O–H groups in total. The summed E-state index contributed by atoms with van der Waals surface area (Å²) in [5, 5.41) is 4.58. The summed E-state index contributed by atoms with van der Waals surface area (Å²) in [7, 11) is -3.75. The number of benzene rings is 1. The van der Waals surface area contributed by atoms with Crippen LogP contribution in [0.15, 0.2) is 39.6 Å². The zero-order valence-electron chi connectivity index (χ0n) is 10.9. The van der Waals surface area contributed by atoms with Crippen LogP contribution in [0.4, 0.5) is 0 Å². The van der Waals surface area contributed by atoms with Gasteiger partial charge in [0.25, 0.3) is 10.0 Å². The van der Waals surface area contributed by atoms with E-state index in [1.54, 1.807) is 0 Å². The monoisotopic (exact) mass is 312 g/mol. The molecular formula is C12H13ClN4O2S. The van der Waals surface area contributed by atoms with Gasteiger partial charge < -0.3 is 0 Å². The van der Waals surface area contributed by atoms with E-state index in [-0.39, 0.29) is 4.90 Å². The van der Waals surface area contributed by atoms with Crippen molar-refractivity contribution >= 4 is 28.0 Å². The van der Waals surface area contributed by atoms with Gasteiger partial charge in [-0.15, -0.1) is 4.40 Å². The Morgan fingerprint density at radius 3 is 2.50 bits per heavy atom. The van der Waals surface area contributed by atoms with Gasteiger partial charge in [0, 0.05) is 5.02 Å². The molecule has 0 aliphatic carbocycles. The maximum absolute atomic E-state index is 11.9. The lowest BCUT2D eigenvalue weighted by Gasteiger charge is -2.02. The maximum atomic E-state index is 11.9. The maximum Gasteiger partial charge on any atom is 0.283 e. The van der Waals surface area contributed by atoms with E-state index in [4.69, 9.17) is 11.6 Å². The molecule has 0 unspecified atom stereocenters. The Bertz CT molecular complexity index is 735. The van der Waals surface area contributed by atoms with Crippen molar-refractivity contribution in [1.82, 2.24) is 9.89 Å². The lowest BCUT2D eigenvalue weighted by molar-refractivity contribution is 0.598. The van der Waals surface area contributed by atoms with Gasteiger partial charge in [0.05, 0.1) is 16.3 Å². The van der Waals surface area contributed by atoms with E-state index >= 15 is 0 Å². The van der Waals surface area contributed by atoms with Crippen LogP contribution in [0.5, 0.6) is 0 Å². The predicted molar refractivity (Wildman–Crippen MR) is 78.2 cm³/mol. The topological polar surface area (TPSA) is 76.3 Å². The third-order valence-electron chi connectivity index (χ3n) is 2.49. The van der Waals surface area contributed by atoms with E-state index in [0.717, 1.165) is 17.7 Å². The molecule has 0 aliphatic heterocycles. The van der Waals surface area contributed by atoms with Crippen molar-refractivity contribution in [3.8, 4) is 0 Å². The first-order valence-corrected chi connectivity index (χ1v) is 7.54. The summed E-state index contributed by atoms with van der Waals surface area (Å²) >= 11 is 5.71. The van der Waals surface area contributed by atoms with Gasteiger partial charge >= 0.3 is 0 Å². The van der Waals surface area contributed by atoms with E-state index in [0.29, 0.717) is 5.02 Å². The van der Waals surface area contributed by atoms with Crippen molar-refractivity contribution in [3.63, 3.8) is 0 Å². The van der Waals surface area contributed by atoms with Crippen molar-refractivity contribution in [1.29, 1.82) is 0 Å². The molecule has 0 radical (unpaired) electrons. The summed E-state index contributed by atoms with van der Waals surface area (Å²) in [5.74, 6) is 0. The minimum absolute atomic E-state index is 0.0771. The van der Waals surface area contributed by atoms with Gasteiger partial charge in [-0.2, -0.15) is 18.3 Å². The number of sulfonamides is 1. The Labute approximate surface area is 122 Å². The van der Waals surface area contributed by atoms with Crippen molar-refractivity contribution < 1.29 is 8.42 Å². The Morgan fingerprint density at radius 1 is 1.30 bits per heavy atom. The SMILES string of the molecule is Cc1cc(C)n(NC=NS(=O)(=O)c2ccc(Cl)cc2)n1. The molecule has 0 saturated carbocycles. The van der Waals surface area contributed by atoms with Crippen molar-refractivity contribution in [2.75, 3.05) is 5.43 Å². The van der Waals surface area contributed by atoms with Crippen LogP contribution in [0.3, 0.4) is 0 Å². The predicted octanol–water partition coefficient (Wildman–Crippen LogP) is 2.11. The average Bonchev–Trinajstić information content (AvgIpc) is 2.68. The minimum Gasteiger partial charge on any atom is -0.267 e. The summed E-state index contributed by atoms with van der Waals surface area (Å²) in [5.41, 5.74) is 4.35. The molecule has 1 aromatic carbocycles. The Hall–Kier alpha value is -1.86. The van der Waals surface area contributed by atoms with E-state index in [9.17, 15) is 8.42 Å². The van der Waals surface area contributed by atoms with E-state index in [1.807, 2.05) is 19.9 Å². The largest absolute Gasteiger partial charge is 0.283 e. The molecule has 0 spiro atoms. The number of hydrogen-bond donors (Lipinski definition) is 1.